The number of hydrogen-bond donors (Lipinski definition) is 1. The first-order valence-electron chi connectivity index (χ1n) is 6.10. The quantitative estimate of drug-likeness (QED) is 0.894. The number of benzene rings is 1. The molecular weight excluding hydrogens is 288 g/mol. The van der Waals surface area contributed by atoms with Gasteiger partial charge in [0.15, 0.2) is 0 Å². The average Bonchev–Trinajstić information content (AvgIpc) is 2.38. The number of aromatic nitrogens is 1. The number of para-hydroxylation sites is 1. The summed E-state index contributed by atoms with van der Waals surface area (Å²) in [4.78, 5) is 4.36. The lowest BCUT2D eigenvalue weighted by Gasteiger charge is -2.14. The minimum atomic E-state index is 0.520. The van der Waals surface area contributed by atoms with Gasteiger partial charge in [0.25, 0.3) is 0 Å². The molecule has 0 aliphatic heterocycles. The number of rotatable bonds is 4. The van der Waals surface area contributed by atoms with Crippen molar-refractivity contribution in [3.05, 3.63) is 58.3 Å². The van der Waals surface area contributed by atoms with Crippen molar-refractivity contribution in [2.45, 2.75) is 26.3 Å². The molecule has 1 heterocycles. The Bertz CT molecular complexity index is 506. The van der Waals surface area contributed by atoms with Gasteiger partial charge in [-0.15, -0.1) is 0 Å². The van der Waals surface area contributed by atoms with Crippen LogP contribution in [0, 0.1) is 0 Å². The molecule has 2 rings (SSSR count). The van der Waals surface area contributed by atoms with Gasteiger partial charge in [0, 0.05) is 16.4 Å². The first-order chi connectivity index (χ1) is 8.66. The predicted molar refractivity (Wildman–Crippen MR) is 79.8 cm³/mol. The van der Waals surface area contributed by atoms with Crippen molar-refractivity contribution < 1.29 is 0 Å². The van der Waals surface area contributed by atoms with Crippen LogP contribution in [0.1, 0.15) is 31.0 Å². The van der Waals surface area contributed by atoms with Crippen molar-refractivity contribution in [1.29, 1.82) is 0 Å². The molecule has 2 nitrogen and oxygen atoms in total. The summed E-state index contributed by atoms with van der Waals surface area (Å²) in [6, 6.07) is 12.5. The summed E-state index contributed by atoms with van der Waals surface area (Å²) in [7, 11) is 0. The molecule has 94 valence electrons. The average molecular weight is 305 g/mol. The van der Waals surface area contributed by atoms with E-state index < -0.39 is 0 Å². The van der Waals surface area contributed by atoms with Crippen LogP contribution in [0.25, 0.3) is 0 Å². The fraction of sp³-hybridized carbons (Fsp3) is 0.267. The maximum atomic E-state index is 4.36. The maximum absolute atomic E-state index is 4.36. The summed E-state index contributed by atoms with van der Waals surface area (Å²) in [5.41, 5.74) is 3.57. The Morgan fingerprint density at radius 3 is 2.61 bits per heavy atom. The lowest BCUT2D eigenvalue weighted by molar-refractivity contribution is 0.864. The van der Waals surface area contributed by atoms with Crippen molar-refractivity contribution in [2.75, 3.05) is 5.32 Å². The maximum Gasteiger partial charge on any atom is 0.0595 e. The molecule has 3 heteroatoms. The lowest BCUT2D eigenvalue weighted by Crippen LogP contribution is -2.04. The number of halogens is 1. The van der Waals surface area contributed by atoms with Gasteiger partial charge in [-0.05, 0) is 45.6 Å². The van der Waals surface area contributed by atoms with E-state index in [0.29, 0.717) is 5.92 Å². The van der Waals surface area contributed by atoms with E-state index in [1.54, 1.807) is 0 Å². The Balaban J connectivity index is 2.08. The van der Waals surface area contributed by atoms with Crippen LogP contribution in [-0.4, -0.2) is 4.98 Å². The third-order valence-corrected chi connectivity index (χ3v) is 3.30. The summed E-state index contributed by atoms with van der Waals surface area (Å²) in [6.45, 7) is 5.16. The van der Waals surface area contributed by atoms with Gasteiger partial charge in [0.2, 0.25) is 0 Å². The van der Waals surface area contributed by atoms with Crippen molar-refractivity contribution in [2.24, 2.45) is 0 Å². The molecule has 0 spiro atoms. The number of nitrogens with one attached hydrogen (secondary N) is 1. The van der Waals surface area contributed by atoms with Crippen LogP contribution < -0.4 is 5.32 Å². The third-order valence-electron chi connectivity index (χ3n) is 2.83. The molecule has 1 aromatic heterocycles. The molecule has 1 aromatic carbocycles. The number of anilines is 1. The van der Waals surface area contributed by atoms with Crippen molar-refractivity contribution in [1.82, 2.24) is 4.98 Å². The zero-order valence-electron chi connectivity index (χ0n) is 10.7. The Hall–Kier alpha value is -1.35. The van der Waals surface area contributed by atoms with E-state index >= 15 is 0 Å². The molecule has 0 amide bonds. The number of pyridine rings is 1. The molecular formula is C15H17BrN2. The van der Waals surface area contributed by atoms with Crippen molar-refractivity contribution >= 4 is 21.6 Å². The standard InChI is InChI=1S/C15H17BrN2/c1-11(2)14-5-3-4-6-15(14)18-10-13-8-7-12(16)9-17-13/h3-9,11,18H,10H2,1-2H3. The minimum absolute atomic E-state index is 0.520. The van der Waals surface area contributed by atoms with Crippen molar-refractivity contribution in [3.63, 3.8) is 0 Å². The predicted octanol–water partition coefficient (Wildman–Crippen LogP) is 4.58. The Morgan fingerprint density at radius 2 is 1.94 bits per heavy atom. The highest BCUT2D eigenvalue weighted by Crippen LogP contribution is 2.24. The van der Waals surface area contributed by atoms with Gasteiger partial charge in [-0.3, -0.25) is 4.98 Å². The first kappa shape index (κ1) is 13.1. The normalized spacial score (nSPS) is 10.7. The van der Waals surface area contributed by atoms with Gasteiger partial charge in [-0.2, -0.15) is 0 Å². The zero-order valence-corrected chi connectivity index (χ0v) is 12.2. The van der Waals surface area contributed by atoms with Gasteiger partial charge >= 0.3 is 0 Å². The molecule has 0 saturated heterocycles. The number of hydrogen-bond acceptors (Lipinski definition) is 2. The van der Waals surface area contributed by atoms with E-state index in [1.807, 2.05) is 18.3 Å². The van der Waals surface area contributed by atoms with Crippen molar-refractivity contribution in [3.8, 4) is 0 Å². The summed E-state index contributed by atoms with van der Waals surface area (Å²) >= 11 is 3.39. The monoisotopic (exact) mass is 304 g/mol. The van der Waals surface area contributed by atoms with Gasteiger partial charge < -0.3 is 5.32 Å². The van der Waals surface area contributed by atoms with Crippen LogP contribution in [0.5, 0.6) is 0 Å². The number of nitrogens with zero attached hydrogens (tertiary/aromatic N) is 1. The Morgan fingerprint density at radius 1 is 1.17 bits per heavy atom. The summed E-state index contributed by atoms with van der Waals surface area (Å²) in [5, 5.41) is 3.45. The van der Waals surface area contributed by atoms with Crippen LogP contribution >= 0.6 is 15.9 Å². The highest BCUT2D eigenvalue weighted by Gasteiger charge is 2.05. The molecule has 0 unspecified atom stereocenters. The topological polar surface area (TPSA) is 24.9 Å². The molecule has 0 radical (unpaired) electrons. The van der Waals surface area contributed by atoms with Gasteiger partial charge in [0.05, 0.1) is 12.2 Å². The molecule has 0 aliphatic carbocycles. The molecule has 0 atom stereocenters. The molecule has 0 fully saturated rings. The van der Waals surface area contributed by atoms with Gasteiger partial charge in [0.1, 0.15) is 0 Å². The van der Waals surface area contributed by atoms with E-state index in [1.165, 1.54) is 11.3 Å². The summed E-state index contributed by atoms with van der Waals surface area (Å²) < 4.78 is 1.01. The zero-order chi connectivity index (χ0) is 13.0. The fourth-order valence-corrected chi connectivity index (χ4v) is 2.09. The van der Waals surface area contributed by atoms with Crippen LogP contribution in [-0.2, 0) is 6.54 Å². The van der Waals surface area contributed by atoms with Crippen LogP contribution in [0.15, 0.2) is 47.1 Å². The van der Waals surface area contributed by atoms with Gasteiger partial charge in [-0.25, -0.2) is 0 Å². The largest absolute Gasteiger partial charge is 0.379 e. The van der Waals surface area contributed by atoms with Crippen LogP contribution in [0.2, 0.25) is 0 Å². The molecule has 0 saturated carbocycles. The summed E-state index contributed by atoms with van der Waals surface area (Å²) in [6.07, 6.45) is 1.82. The van der Waals surface area contributed by atoms with E-state index in [2.05, 4.69) is 64.3 Å². The van der Waals surface area contributed by atoms with E-state index in [4.69, 9.17) is 0 Å². The second kappa shape index (κ2) is 6.01. The fourth-order valence-electron chi connectivity index (χ4n) is 1.86. The molecule has 1 N–H and O–H groups in total. The lowest BCUT2D eigenvalue weighted by atomic mass is 10.0. The highest BCUT2D eigenvalue weighted by molar-refractivity contribution is 9.10. The third kappa shape index (κ3) is 3.33. The van der Waals surface area contributed by atoms with Gasteiger partial charge in [-0.1, -0.05) is 32.0 Å². The second-order valence-electron chi connectivity index (χ2n) is 4.56. The van der Waals surface area contributed by atoms with E-state index in [0.717, 1.165) is 16.7 Å². The minimum Gasteiger partial charge on any atom is -0.379 e. The van der Waals surface area contributed by atoms with Crippen LogP contribution in [0.3, 0.4) is 0 Å². The highest BCUT2D eigenvalue weighted by atomic mass is 79.9. The molecule has 2 aromatic rings. The van der Waals surface area contributed by atoms with E-state index in [-0.39, 0.29) is 0 Å². The van der Waals surface area contributed by atoms with E-state index in [9.17, 15) is 0 Å². The molecule has 0 aliphatic rings. The second-order valence-corrected chi connectivity index (χ2v) is 5.48. The molecule has 0 bridgehead atoms. The van der Waals surface area contributed by atoms with Crippen LogP contribution in [0.4, 0.5) is 5.69 Å². The first-order valence-corrected chi connectivity index (χ1v) is 6.89. The SMILES string of the molecule is CC(C)c1ccccc1NCc1ccc(Br)cn1. The Kier molecular flexibility index (Phi) is 4.37. The Labute approximate surface area is 117 Å². The smallest absolute Gasteiger partial charge is 0.0595 e. The molecule has 18 heavy (non-hydrogen) atoms. The summed E-state index contributed by atoms with van der Waals surface area (Å²) in [5.74, 6) is 0.520.